The van der Waals surface area contributed by atoms with Crippen molar-refractivity contribution in [2.75, 3.05) is 19.6 Å². The molecule has 1 N–H and O–H groups in total. The second-order valence-electron chi connectivity index (χ2n) is 7.59. The highest BCUT2D eigenvalue weighted by Gasteiger charge is 2.25. The van der Waals surface area contributed by atoms with Crippen LogP contribution >= 0.6 is 0 Å². The maximum Gasteiger partial charge on any atom is 0.317 e. The average molecular weight is 343 g/mol. The molecule has 25 heavy (non-hydrogen) atoms. The molecule has 136 valence electrons. The van der Waals surface area contributed by atoms with E-state index in [4.69, 9.17) is 0 Å². The summed E-state index contributed by atoms with van der Waals surface area (Å²) in [7, 11) is 0. The lowest BCUT2D eigenvalue weighted by Crippen LogP contribution is -2.46. The molecule has 0 radical (unpaired) electrons. The number of urea groups is 1. The molecule has 0 unspecified atom stereocenters. The van der Waals surface area contributed by atoms with E-state index >= 15 is 0 Å². The minimum absolute atomic E-state index is 0.0267. The molecule has 3 amide bonds. The van der Waals surface area contributed by atoms with Crippen LogP contribution in [0.25, 0.3) is 0 Å². The Morgan fingerprint density at radius 2 is 2.00 bits per heavy atom. The summed E-state index contributed by atoms with van der Waals surface area (Å²) in [6.45, 7) is 8.21. The number of likely N-dealkylation sites (tertiary alicyclic amines) is 2. The van der Waals surface area contributed by atoms with E-state index in [1.54, 1.807) is 0 Å². The number of carbonyl (C=O) groups excluding carboxylic acids is 2. The van der Waals surface area contributed by atoms with Crippen LogP contribution in [0.15, 0.2) is 24.3 Å². The Hall–Kier alpha value is -2.04. The molecule has 2 saturated heterocycles. The molecule has 2 aliphatic rings. The maximum atomic E-state index is 12.4. The molecule has 3 rings (SSSR count). The van der Waals surface area contributed by atoms with E-state index < -0.39 is 0 Å². The number of rotatable bonds is 4. The molecule has 0 aliphatic carbocycles. The minimum Gasteiger partial charge on any atom is -0.338 e. The van der Waals surface area contributed by atoms with Crippen LogP contribution in [0.1, 0.15) is 44.2 Å². The predicted molar refractivity (Wildman–Crippen MR) is 97.8 cm³/mol. The third kappa shape index (κ3) is 4.53. The Bertz CT molecular complexity index is 631. The van der Waals surface area contributed by atoms with Crippen molar-refractivity contribution >= 4 is 11.9 Å². The Morgan fingerprint density at radius 3 is 2.72 bits per heavy atom. The van der Waals surface area contributed by atoms with E-state index in [1.165, 1.54) is 0 Å². The van der Waals surface area contributed by atoms with Gasteiger partial charge in [0.25, 0.3) is 0 Å². The van der Waals surface area contributed by atoms with Crippen LogP contribution in [0.2, 0.25) is 0 Å². The van der Waals surface area contributed by atoms with E-state index in [2.05, 4.69) is 25.2 Å². The molecular formula is C20H29N3O2. The average Bonchev–Trinajstić information content (AvgIpc) is 3.00. The van der Waals surface area contributed by atoms with E-state index in [-0.39, 0.29) is 11.9 Å². The van der Waals surface area contributed by atoms with Crippen LogP contribution in [-0.4, -0.2) is 41.4 Å². The molecule has 0 aromatic heterocycles. The van der Waals surface area contributed by atoms with Gasteiger partial charge in [-0.2, -0.15) is 0 Å². The first-order chi connectivity index (χ1) is 12.0. The largest absolute Gasteiger partial charge is 0.338 e. The van der Waals surface area contributed by atoms with Crippen molar-refractivity contribution in [3.8, 4) is 0 Å². The summed E-state index contributed by atoms with van der Waals surface area (Å²) in [5.41, 5.74) is 2.21. The van der Waals surface area contributed by atoms with E-state index in [0.29, 0.717) is 31.3 Å². The fraction of sp³-hybridized carbons (Fsp3) is 0.600. The molecule has 0 spiro atoms. The van der Waals surface area contributed by atoms with Crippen molar-refractivity contribution in [1.29, 1.82) is 0 Å². The van der Waals surface area contributed by atoms with Gasteiger partial charge in [-0.25, -0.2) is 4.79 Å². The number of benzene rings is 1. The summed E-state index contributed by atoms with van der Waals surface area (Å²) in [5, 5.41) is 3.04. The van der Waals surface area contributed by atoms with Crippen molar-refractivity contribution in [3.63, 3.8) is 0 Å². The van der Waals surface area contributed by atoms with Crippen LogP contribution in [0.3, 0.4) is 0 Å². The Labute approximate surface area is 150 Å². The Balaban J connectivity index is 1.52. The predicted octanol–water partition coefficient (Wildman–Crippen LogP) is 3.00. The summed E-state index contributed by atoms with van der Waals surface area (Å²) in [6.07, 6.45) is 2.71. The Morgan fingerprint density at radius 1 is 1.20 bits per heavy atom. The molecule has 2 atom stereocenters. The third-order valence-corrected chi connectivity index (χ3v) is 5.60. The quantitative estimate of drug-likeness (QED) is 0.914. The SMILES string of the molecule is C[C@@H]1CCN(C(=O)NCc2cccc(CN3CCCC3=O)c2)C[C@@H]1C. The second-order valence-corrected chi connectivity index (χ2v) is 7.59. The lowest BCUT2D eigenvalue weighted by Gasteiger charge is -2.35. The summed E-state index contributed by atoms with van der Waals surface area (Å²) >= 11 is 0. The topological polar surface area (TPSA) is 52.7 Å². The molecule has 5 nitrogen and oxygen atoms in total. The van der Waals surface area contributed by atoms with Crippen LogP contribution in [0.4, 0.5) is 4.79 Å². The number of piperidine rings is 1. The number of hydrogen-bond acceptors (Lipinski definition) is 2. The zero-order chi connectivity index (χ0) is 17.8. The fourth-order valence-electron chi connectivity index (χ4n) is 3.67. The first-order valence-corrected chi connectivity index (χ1v) is 9.41. The van der Waals surface area contributed by atoms with Gasteiger partial charge in [-0.05, 0) is 35.8 Å². The number of hydrogen-bond donors (Lipinski definition) is 1. The molecule has 0 saturated carbocycles. The number of nitrogens with one attached hydrogen (secondary N) is 1. The zero-order valence-corrected chi connectivity index (χ0v) is 15.3. The second kappa shape index (κ2) is 7.89. The highest BCUT2D eigenvalue weighted by Crippen LogP contribution is 2.22. The first kappa shape index (κ1) is 17.8. The van der Waals surface area contributed by atoms with Gasteiger partial charge in [-0.1, -0.05) is 38.1 Å². The van der Waals surface area contributed by atoms with Gasteiger partial charge < -0.3 is 15.1 Å². The molecule has 2 heterocycles. The van der Waals surface area contributed by atoms with E-state index in [0.717, 1.165) is 43.6 Å². The van der Waals surface area contributed by atoms with Crippen molar-refractivity contribution in [1.82, 2.24) is 15.1 Å². The molecule has 2 aliphatic heterocycles. The molecule has 1 aromatic carbocycles. The summed E-state index contributed by atoms with van der Waals surface area (Å²) in [6, 6.07) is 8.19. The fourth-order valence-corrected chi connectivity index (χ4v) is 3.67. The lowest BCUT2D eigenvalue weighted by atomic mass is 9.89. The highest BCUT2D eigenvalue weighted by molar-refractivity contribution is 5.78. The van der Waals surface area contributed by atoms with Gasteiger partial charge in [0.1, 0.15) is 0 Å². The zero-order valence-electron chi connectivity index (χ0n) is 15.3. The molecule has 0 bridgehead atoms. The Kier molecular flexibility index (Phi) is 5.61. The van der Waals surface area contributed by atoms with Crippen molar-refractivity contribution in [2.24, 2.45) is 11.8 Å². The molecule has 2 fully saturated rings. The summed E-state index contributed by atoms with van der Waals surface area (Å²) < 4.78 is 0. The van der Waals surface area contributed by atoms with Gasteiger partial charge in [0, 0.05) is 39.1 Å². The number of carbonyl (C=O) groups is 2. The van der Waals surface area contributed by atoms with Gasteiger partial charge in [0.15, 0.2) is 0 Å². The normalized spacial score (nSPS) is 23.8. The van der Waals surface area contributed by atoms with Crippen LogP contribution in [-0.2, 0) is 17.9 Å². The monoisotopic (exact) mass is 343 g/mol. The van der Waals surface area contributed by atoms with Gasteiger partial charge in [-0.15, -0.1) is 0 Å². The van der Waals surface area contributed by atoms with Crippen LogP contribution in [0, 0.1) is 11.8 Å². The van der Waals surface area contributed by atoms with Gasteiger partial charge >= 0.3 is 6.03 Å². The summed E-state index contributed by atoms with van der Waals surface area (Å²) in [4.78, 5) is 28.0. The molecule has 5 heteroatoms. The van der Waals surface area contributed by atoms with E-state index in [9.17, 15) is 9.59 Å². The summed E-state index contributed by atoms with van der Waals surface area (Å²) in [5.74, 6) is 1.49. The van der Waals surface area contributed by atoms with Crippen molar-refractivity contribution in [3.05, 3.63) is 35.4 Å². The van der Waals surface area contributed by atoms with Crippen molar-refractivity contribution in [2.45, 2.75) is 46.2 Å². The smallest absolute Gasteiger partial charge is 0.317 e. The number of amides is 3. The van der Waals surface area contributed by atoms with Gasteiger partial charge in [-0.3, -0.25) is 4.79 Å². The van der Waals surface area contributed by atoms with E-state index in [1.807, 2.05) is 28.0 Å². The van der Waals surface area contributed by atoms with Crippen molar-refractivity contribution < 1.29 is 9.59 Å². The first-order valence-electron chi connectivity index (χ1n) is 9.41. The molecular weight excluding hydrogens is 314 g/mol. The van der Waals surface area contributed by atoms with Gasteiger partial charge in [0.2, 0.25) is 5.91 Å². The van der Waals surface area contributed by atoms with Crippen LogP contribution < -0.4 is 5.32 Å². The molecule has 1 aromatic rings. The standard InChI is InChI=1S/C20H29N3O2/c1-15-8-10-23(13-16(15)2)20(25)21-12-17-5-3-6-18(11-17)14-22-9-4-7-19(22)24/h3,5-6,11,15-16H,4,7-10,12-14H2,1-2H3,(H,21,25)/t15-,16+/m1/s1. The van der Waals surface area contributed by atoms with Crippen LogP contribution in [0.5, 0.6) is 0 Å². The lowest BCUT2D eigenvalue weighted by molar-refractivity contribution is -0.128. The third-order valence-electron chi connectivity index (χ3n) is 5.60. The maximum absolute atomic E-state index is 12.4. The highest BCUT2D eigenvalue weighted by atomic mass is 16.2. The van der Waals surface area contributed by atoms with Gasteiger partial charge in [0.05, 0.1) is 0 Å². The minimum atomic E-state index is 0.0267. The number of nitrogens with zero attached hydrogens (tertiary/aromatic N) is 2.